The number of nitrogens with two attached hydrogens (primary N) is 1. The molecule has 2 aromatic rings. The summed E-state index contributed by atoms with van der Waals surface area (Å²) in [6.07, 6.45) is 0. The third-order valence-electron chi connectivity index (χ3n) is 2.07. The minimum atomic E-state index is 0.0299. The molecule has 0 aliphatic carbocycles. The number of rotatable bonds is 2. The summed E-state index contributed by atoms with van der Waals surface area (Å²) >= 11 is 3.35. The zero-order valence-corrected chi connectivity index (χ0v) is 9.98. The van der Waals surface area contributed by atoms with Crippen LogP contribution in [0.1, 0.15) is 0 Å². The van der Waals surface area contributed by atoms with Gasteiger partial charge in [0.1, 0.15) is 5.69 Å². The Kier molecular flexibility index (Phi) is 2.74. The van der Waals surface area contributed by atoms with Crippen LogP contribution >= 0.6 is 15.9 Å². The molecule has 0 amide bonds. The van der Waals surface area contributed by atoms with Crippen molar-refractivity contribution in [2.75, 3.05) is 12.8 Å². The van der Waals surface area contributed by atoms with E-state index in [2.05, 4.69) is 21.1 Å². The van der Waals surface area contributed by atoms with Gasteiger partial charge in [0.25, 0.3) is 0 Å². The average Bonchev–Trinajstić information content (AvgIpc) is 2.67. The standard InChI is InChI=1S/C10H9BrN2O3/c1-15-9-3-6(11)5(2-8(9)14)7-4-10(12)16-13-7/h2-4,14H,12H2,1H3. The first kappa shape index (κ1) is 10.8. The van der Waals surface area contributed by atoms with E-state index in [1.807, 2.05) is 0 Å². The Hall–Kier alpha value is -1.69. The monoisotopic (exact) mass is 284 g/mol. The van der Waals surface area contributed by atoms with Gasteiger partial charge in [0.05, 0.1) is 7.11 Å². The lowest BCUT2D eigenvalue weighted by molar-refractivity contribution is 0.373. The third-order valence-corrected chi connectivity index (χ3v) is 2.73. The number of nitrogens with zero attached hydrogens (tertiary/aromatic N) is 1. The molecule has 6 heteroatoms. The first-order chi connectivity index (χ1) is 7.61. The minimum Gasteiger partial charge on any atom is -0.504 e. The molecule has 0 fully saturated rings. The van der Waals surface area contributed by atoms with E-state index >= 15 is 0 Å². The van der Waals surface area contributed by atoms with E-state index in [9.17, 15) is 5.11 Å². The van der Waals surface area contributed by atoms with Gasteiger partial charge in [0, 0.05) is 16.1 Å². The van der Waals surface area contributed by atoms with Crippen molar-refractivity contribution < 1.29 is 14.4 Å². The highest BCUT2D eigenvalue weighted by molar-refractivity contribution is 9.10. The molecule has 1 aromatic carbocycles. The van der Waals surface area contributed by atoms with Crippen LogP contribution in [0.25, 0.3) is 11.3 Å². The molecule has 0 spiro atoms. The number of methoxy groups -OCH3 is 1. The molecule has 84 valence electrons. The second-order valence-corrected chi connectivity index (χ2v) is 3.97. The van der Waals surface area contributed by atoms with Crippen molar-refractivity contribution in [3.8, 4) is 22.8 Å². The molecular formula is C10H9BrN2O3. The normalized spacial score (nSPS) is 10.4. The predicted molar refractivity (Wildman–Crippen MR) is 62.3 cm³/mol. The molecule has 2 rings (SSSR count). The lowest BCUT2D eigenvalue weighted by Crippen LogP contribution is -1.86. The number of nitrogen functional groups attached to an aromatic ring is 1. The first-order valence-corrected chi connectivity index (χ1v) is 5.20. The van der Waals surface area contributed by atoms with Gasteiger partial charge in [-0.1, -0.05) is 5.16 Å². The first-order valence-electron chi connectivity index (χ1n) is 4.41. The fourth-order valence-electron chi connectivity index (χ4n) is 1.32. The zero-order valence-electron chi connectivity index (χ0n) is 8.40. The predicted octanol–water partition coefficient (Wildman–Crippen LogP) is 2.40. The molecule has 1 aromatic heterocycles. The largest absolute Gasteiger partial charge is 0.504 e. The lowest BCUT2D eigenvalue weighted by atomic mass is 10.1. The van der Waals surface area contributed by atoms with Crippen LogP contribution in [0.5, 0.6) is 11.5 Å². The molecule has 0 atom stereocenters. The minimum absolute atomic E-state index is 0.0299. The maximum absolute atomic E-state index is 9.65. The van der Waals surface area contributed by atoms with E-state index in [1.54, 1.807) is 12.1 Å². The molecule has 1 heterocycles. The van der Waals surface area contributed by atoms with Gasteiger partial charge in [0.15, 0.2) is 11.5 Å². The number of aromatic nitrogens is 1. The van der Waals surface area contributed by atoms with Crippen molar-refractivity contribution in [3.05, 3.63) is 22.7 Å². The van der Waals surface area contributed by atoms with Crippen molar-refractivity contribution in [1.29, 1.82) is 0 Å². The molecular weight excluding hydrogens is 276 g/mol. The summed E-state index contributed by atoms with van der Waals surface area (Å²) in [4.78, 5) is 0. The SMILES string of the molecule is COc1cc(Br)c(-c2cc(N)on2)cc1O. The van der Waals surface area contributed by atoms with Gasteiger partial charge in [-0.15, -0.1) is 0 Å². The number of ether oxygens (including phenoxy) is 1. The number of benzene rings is 1. The van der Waals surface area contributed by atoms with Crippen molar-refractivity contribution in [3.63, 3.8) is 0 Å². The van der Waals surface area contributed by atoms with Gasteiger partial charge in [-0.2, -0.15) is 0 Å². The number of anilines is 1. The van der Waals surface area contributed by atoms with E-state index in [-0.39, 0.29) is 11.6 Å². The number of phenols is 1. The lowest BCUT2D eigenvalue weighted by Gasteiger charge is -2.06. The summed E-state index contributed by atoms with van der Waals surface area (Å²) in [6, 6.07) is 4.75. The van der Waals surface area contributed by atoms with E-state index in [4.69, 9.17) is 15.0 Å². The molecule has 0 saturated carbocycles. The second kappa shape index (κ2) is 4.05. The summed E-state index contributed by atoms with van der Waals surface area (Å²) in [5, 5.41) is 13.4. The Morgan fingerprint density at radius 1 is 1.44 bits per heavy atom. The van der Waals surface area contributed by atoms with Crippen LogP contribution in [0.2, 0.25) is 0 Å². The number of phenolic OH excluding ortho intramolecular Hbond substituents is 1. The van der Waals surface area contributed by atoms with Gasteiger partial charge in [-0.3, -0.25) is 0 Å². The van der Waals surface area contributed by atoms with Crippen molar-refractivity contribution >= 4 is 21.8 Å². The molecule has 0 saturated heterocycles. The molecule has 0 bridgehead atoms. The van der Waals surface area contributed by atoms with E-state index in [0.29, 0.717) is 17.0 Å². The van der Waals surface area contributed by atoms with E-state index < -0.39 is 0 Å². The van der Waals surface area contributed by atoms with Crippen molar-refractivity contribution in [1.82, 2.24) is 5.16 Å². The van der Waals surface area contributed by atoms with Gasteiger partial charge < -0.3 is 20.1 Å². The molecule has 0 unspecified atom stereocenters. The molecule has 5 nitrogen and oxygen atoms in total. The Bertz CT molecular complexity index is 525. The van der Waals surface area contributed by atoms with Crippen LogP contribution in [0, 0.1) is 0 Å². The third kappa shape index (κ3) is 1.83. The number of hydrogen-bond donors (Lipinski definition) is 2. The van der Waals surface area contributed by atoms with Crippen LogP contribution in [0.3, 0.4) is 0 Å². The van der Waals surface area contributed by atoms with Crippen LogP contribution in [-0.4, -0.2) is 17.4 Å². The highest BCUT2D eigenvalue weighted by Gasteiger charge is 2.12. The van der Waals surface area contributed by atoms with Gasteiger partial charge in [0.2, 0.25) is 5.88 Å². The highest BCUT2D eigenvalue weighted by atomic mass is 79.9. The van der Waals surface area contributed by atoms with Crippen molar-refractivity contribution in [2.45, 2.75) is 0 Å². The number of aromatic hydroxyl groups is 1. The van der Waals surface area contributed by atoms with Gasteiger partial charge >= 0.3 is 0 Å². The van der Waals surface area contributed by atoms with Crippen LogP contribution in [-0.2, 0) is 0 Å². The molecule has 16 heavy (non-hydrogen) atoms. The molecule has 0 aliphatic heterocycles. The Balaban J connectivity index is 2.54. The zero-order chi connectivity index (χ0) is 11.7. The quantitative estimate of drug-likeness (QED) is 0.885. The highest BCUT2D eigenvalue weighted by Crippen LogP contribution is 2.37. The van der Waals surface area contributed by atoms with Gasteiger partial charge in [-0.25, -0.2) is 0 Å². The summed E-state index contributed by atoms with van der Waals surface area (Å²) in [5.41, 5.74) is 6.65. The van der Waals surface area contributed by atoms with Crippen LogP contribution < -0.4 is 10.5 Å². The maximum Gasteiger partial charge on any atom is 0.222 e. The van der Waals surface area contributed by atoms with E-state index in [1.165, 1.54) is 13.2 Å². The maximum atomic E-state index is 9.65. The summed E-state index contributed by atoms with van der Waals surface area (Å²) in [5.74, 6) is 0.631. The van der Waals surface area contributed by atoms with Gasteiger partial charge in [-0.05, 0) is 28.1 Å². The smallest absolute Gasteiger partial charge is 0.222 e. The van der Waals surface area contributed by atoms with E-state index in [0.717, 1.165) is 4.47 Å². The van der Waals surface area contributed by atoms with Crippen molar-refractivity contribution in [2.24, 2.45) is 0 Å². The summed E-state index contributed by atoms with van der Waals surface area (Å²) in [7, 11) is 1.48. The Morgan fingerprint density at radius 3 is 2.75 bits per heavy atom. The topological polar surface area (TPSA) is 81.5 Å². The fraction of sp³-hybridized carbons (Fsp3) is 0.100. The number of halogens is 1. The van der Waals surface area contributed by atoms with Crippen LogP contribution in [0.15, 0.2) is 27.2 Å². The molecule has 0 aliphatic rings. The average molecular weight is 285 g/mol. The Labute approximate surface area is 99.9 Å². The summed E-state index contributed by atoms with van der Waals surface area (Å²) < 4.78 is 10.5. The second-order valence-electron chi connectivity index (χ2n) is 3.12. The fourth-order valence-corrected chi connectivity index (χ4v) is 1.85. The molecule has 3 N–H and O–H groups in total. The summed E-state index contributed by atoms with van der Waals surface area (Å²) in [6.45, 7) is 0. The van der Waals surface area contributed by atoms with Crippen LogP contribution in [0.4, 0.5) is 5.88 Å². The molecule has 0 radical (unpaired) electrons. The number of hydrogen-bond acceptors (Lipinski definition) is 5. The Morgan fingerprint density at radius 2 is 2.19 bits per heavy atom.